The molecular weight excluding hydrogens is 201 g/mol. The summed E-state index contributed by atoms with van der Waals surface area (Å²) in [6, 6.07) is -0.501. The normalized spacial score (nSPS) is 14.0. The van der Waals surface area contributed by atoms with E-state index in [0.29, 0.717) is 6.61 Å². The van der Waals surface area contributed by atoms with Gasteiger partial charge < -0.3 is 4.74 Å². The van der Waals surface area contributed by atoms with Crippen LogP contribution in [-0.4, -0.2) is 18.6 Å². The van der Waals surface area contributed by atoms with Crippen molar-refractivity contribution in [3.8, 4) is 0 Å². The molecule has 1 radical (unpaired) electrons. The molecule has 4 nitrogen and oxygen atoms in total. The van der Waals surface area contributed by atoms with Gasteiger partial charge in [-0.05, 0) is 18.8 Å². The SMILES string of the molecule is CCC(C)(C)COC(=O)[C@H](C)N[PH]=O. The summed E-state index contributed by atoms with van der Waals surface area (Å²) in [6.45, 7) is 8.15. The predicted molar refractivity (Wildman–Crippen MR) is 56.6 cm³/mol. The summed E-state index contributed by atoms with van der Waals surface area (Å²) in [4.78, 5) is 11.3. The van der Waals surface area contributed by atoms with Crippen molar-refractivity contribution in [2.45, 2.75) is 40.2 Å². The molecule has 0 aromatic carbocycles. The van der Waals surface area contributed by atoms with Crippen LogP contribution in [0.25, 0.3) is 0 Å². The van der Waals surface area contributed by atoms with Crippen LogP contribution in [0.2, 0.25) is 0 Å². The molecule has 0 aromatic heterocycles. The molecule has 0 heterocycles. The van der Waals surface area contributed by atoms with E-state index < -0.39 is 14.7 Å². The largest absolute Gasteiger partial charge is 0.464 e. The van der Waals surface area contributed by atoms with Gasteiger partial charge in [0, 0.05) is 0 Å². The van der Waals surface area contributed by atoms with Crippen molar-refractivity contribution in [1.82, 2.24) is 5.09 Å². The maximum atomic E-state index is 11.3. The Kier molecular flexibility index (Phi) is 5.89. The topological polar surface area (TPSA) is 55.4 Å². The molecular formula is C9H19NO3P. The summed E-state index contributed by atoms with van der Waals surface area (Å²) < 4.78 is 15.3. The second-order valence-electron chi connectivity index (χ2n) is 4.09. The number of carbonyl (C=O) groups is 1. The standard InChI is InChI=1S/C9H19NO3P/c1-5-9(3,4)6-13-8(11)7(2)10-14-12/h7,14H,5-6H2,1-4H3,(H,10,12)/t7-/m0/s1. The summed E-state index contributed by atoms with van der Waals surface area (Å²) in [5.74, 6) is -0.352. The minimum absolute atomic E-state index is 0.00906. The zero-order chi connectivity index (χ0) is 11.2. The van der Waals surface area contributed by atoms with Crippen LogP contribution in [0.1, 0.15) is 34.1 Å². The molecule has 0 aliphatic carbocycles. The molecule has 5 heteroatoms. The molecule has 0 saturated heterocycles. The number of esters is 1. The molecule has 1 N–H and O–H groups in total. The number of nitrogens with one attached hydrogen (secondary N) is 1. The molecule has 1 unspecified atom stereocenters. The molecule has 0 rings (SSSR count). The third-order valence-electron chi connectivity index (χ3n) is 2.19. The quantitative estimate of drug-likeness (QED) is 0.548. The van der Waals surface area contributed by atoms with Crippen LogP contribution >= 0.6 is 8.61 Å². The van der Waals surface area contributed by atoms with Crippen molar-refractivity contribution >= 4 is 14.6 Å². The molecule has 14 heavy (non-hydrogen) atoms. The van der Waals surface area contributed by atoms with Crippen molar-refractivity contribution in [2.75, 3.05) is 6.61 Å². The first-order valence-electron chi connectivity index (χ1n) is 4.72. The van der Waals surface area contributed by atoms with E-state index in [1.54, 1.807) is 6.92 Å². The highest BCUT2D eigenvalue weighted by molar-refractivity contribution is 7.21. The number of hydrogen-bond donors (Lipinski definition) is 1. The van der Waals surface area contributed by atoms with Gasteiger partial charge in [0.05, 0.1) is 6.61 Å². The van der Waals surface area contributed by atoms with Gasteiger partial charge in [0.15, 0.2) is 0 Å². The number of carbonyl (C=O) groups excluding carboxylic acids is 1. The zero-order valence-corrected chi connectivity index (χ0v) is 10.2. The number of rotatable bonds is 6. The Hall–Kier alpha value is -0.470. The minimum Gasteiger partial charge on any atom is -0.464 e. The lowest BCUT2D eigenvalue weighted by atomic mass is 9.92. The molecule has 83 valence electrons. The smallest absolute Gasteiger partial charge is 0.323 e. The van der Waals surface area contributed by atoms with Crippen molar-refractivity contribution in [1.29, 1.82) is 0 Å². The fourth-order valence-corrected chi connectivity index (χ4v) is 0.936. The van der Waals surface area contributed by atoms with Gasteiger partial charge in [-0.1, -0.05) is 20.8 Å². The number of hydrogen-bond acceptors (Lipinski definition) is 3. The Morgan fingerprint density at radius 3 is 2.57 bits per heavy atom. The van der Waals surface area contributed by atoms with Crippen molar-refractivity contribution < 1.29 is 14.1 Å². The van der Waals surface area contributed by atoms with Crippen molar-refractivity contribution in [2.24, 2.45) is 5.41 Å². The molecule has 0 saturated carbocycles. The lowest BCUT2D eigenvalue weighted by Gasteiger charge is -2.22. The monoisotopic (exact) mass is 220 g/mol. The average molecular weight is 220 g/mol. The Bertz CT molecular complexity index is 206. The second-order valence-corrected chi connectivity index (χ2v) is 4.59. The highest BCUT2D eigenvalue weighted by Crippen LogP contribution is 2.19. The van der Waals surface area contributed by atoms with E-state index in [1.807, 2.05) is 13.8 Å². The van der Waals surface area contributed by atoms with E-state index in [1.165, 1.54) is 0 Å². The van der Waals surface area contributed by atoms with Crippen LogP contribution in [0.15, 0.2) is 0 Å². The molecule has 2 atom stereocenters. The Morgan fingerprint density at radius 2 is 2.14 bits per heavy atom. The van der Waals surface area contributed by atoms with Gasteiger partial charge in [-0.25, -0.2) is 5.09 Å². The lowest BCUT2D eigenvalue weighted by molar-refractivity contribution is -0.148. The molecule has 0 amide bonds. The van der Waals surface area contributed by atoms with Gasteiger partial charge in [-0.2, -0.15) is 0 Å². The van der Waals surface area contributed by atoms with Gasteiger partial charge >= 0.3 is 5.97 Å². The van der Waals surface area contributed by atoms with Gasteiger partial charge in [0.1, 0.15) is 14.7 Å². The fraction of sp³-hybridized carbons (Fsp3) is 0.889. The highest BCUT2D eigenvalue weighted by Gasteiger charge is 2.20. The third kappa shape index (κ3) is 5.30. The van der Waals surface area contributed by atoms with Crippen LogP contribution in [-0.2, 0) is 14.1 Å². The Balaban J connectivity index is 3.90. The maximum Gasteiger partial charge on any atom is 0.323 e. The summed E-state index contributed by atoms with van der Waals surface area (Å²) in [7, 11) is -0.679. The Morgan fingerprint density at radius 1 is 1.57 bits per heavy atom. The minimum atomic E-state index is -0.679. The summed E-state index contributed by atoms with van der Waals surface area (Å²) in [5.41, 5.74) is 0.00906. The van der Waals surface area contributed by atoms with Crippen LogP contribution in [0.4, 0.5) is 0 Å². The summed E-state index contributed by atoms with van der Waals surface area (Å²) >= 11 is 0. The van der Waals surface area contributed by atoms with Crippen LogP contribution in [0.5, 0.6) is 0 Å². The first kappa shape index (κ1) is 13.5. The van der Waals surface area contributed by atoms with E-state index in [2.05, 4.69) is 12.0 Å². The van der Waals surface area contributed by atoms with Gasteiger partial charge in [0.25, 0.3) is 0 Å². The van der Waals surface area contributed by atoms with Crippen molar-refractivity contribution in [3.63, 3.8) is 0 Å². The van der Waals surface area contributed by atoms with E-state index >= 15 is 0 Å². The molecule has 0 fully saturated rings. The molecule has 0 aliphatic rings. The van der Waals surface area contributed by atoms with Crippen LogP contribution in [0.3, 0.4) is 0 Å². The van der Waals surface area contributed by atoms with Gasteiger partial charge in [-0.15, -0.1) is 0 Å². The lowest BCUT2D eigenvalue weighted by Crippen LogP contribution is -2.32. The van der Waals surface area contributed by atoms with Gasteiger partial charge in [-0.3, -0.25) is 9.36 Å². The fourth-order valence-electron chi connectivity index (χ4n) is 0.641. The first-order chi connectivity index (χ1) is 6.43. The molecule has 0 bridgehead atoms. The van der Waals surface area contributed by atoms with Gasteiger partial charge in [0.2, 0.25) is 0 Å². The van der Waals surface area contributed by atoms with E-state index in [0.717, 1.165) is 6.42 Å². The Labute approximate surface area is 86.7 Å². The maximum absolute atomic E-state index is 11.3. The van der Waals surface area contributed by atoms with E-state index in [-0.39, 0.29) is 11.4 Å². The van der Waals surface area contributed by atoms with Crippen LogP contribution in [0, 0.1) is 5.41 Å². The van der Waals surface area contributed by atoms with E-state index in [4.69, 9.17) is 4.74 Å². The predicted octanol–water partition coefficient (Wildman–Crippen LogP) is 1.88. The van der Waals surface area contributed by atoms with Crippen molar-refractivity contribution in [3.05, 3.63) is 0 Å². The molecule has 0 spiro atoms. The summed E-state index contributed by atoms with van der Waals surface area (Å²) in [6.07, 6.45) is 0.950. The highest BCUT2D eigenvalue weighted by atomic mass is 31.1. The second kappa shape index (κ2) is 6.10. The summed E-state index contributed by atoms with van der Waals surface area (Å²) in [5, 5.41) is 2.50. The molecule has 0 aromatic rings. The van der Waals surface area contributed by atoms with Crippen LogP contribution < -0.4 is 5.09 Å². The first-order valence-corrected chi connectivity index (χ1v) is 5.63. The third-order valence-corrected chi connectivity index (χ3v) is 2.74. The number of ether oxygens (including phenoxy) is 1. The average Bonchev–Trinajstić information content (AvgIpc) is 2.15. The molecule has 0 aliphatic heterocycles. The van der Waals surface area contributed by atoms with E-state index in [9.17, 15) is 9.36 Å². The zero-order valence-electron chi connectivity index (χ0n) is 9.22.